The van der Waals surface area contributed by atoms with Gasteiger partial charge >= 0.3 is 5.69 Å². The van der Waals surface area contributed by atoms with E-state index in [4.69, 9.17) is 0 Å². The van der Waals surface area contributed by atoms with Crippen LogP contribution in [0.4, 0.5) is 11.4 Å². The van der Waals surface area contributed by atoms with Crippen molar-refractivity contribution in [3.8, 4) is 0 Å². The maximum atomic E-state index is 12.2. The highest BCUT2D eigenvalue weighted by Crippen LogP contribution is 2.22. The molecule has 0 aliphatic rings. The first-order chi connectivity index (χ1) is 12.9. The summed E-state index contributed by atoms with van der Waals surface area (Å²) in [6.07, 6.45) is -0.0440. The normalized spacial score (nSPS) is 10.7. The summed E-state index contributed by atoms with van der Waals surface area (Å²) in [4.78, 5) is 48.8. The van der Waals surface area contributed by atoms with Crippen molar-refractivity contribution < 1.29 is 9.72 Å². The predicted octanol–water partition coefficient (Wildman–Crippen LogP) is 1.94. The van der Waals surface area contributed by atoms with Crippen LogP contribution in [0, 0.1) is 17.0 Å². The number of carbonyl (C=O) groups excluding carboxylic acids is 1. The Morgan fingerprint density at radius 3 is 2.70 bits per heavy atom. The summed E-state index contributed by atoms with van der Waals surface area (Å²) < 4.78 is 1.31. The number of hydrogen-bond donors (Lipinski definition) is 2. The summed E-state index contributed by atoms with van der Waals surface area (Å²) in [5.74, 6) is -0.407. The van der Waals surface area contributed by atoms with E-state index in [2.05, 4.69) is 10.3 Å². The number of H-pyrrole nitrogens is 1. The summed E-state index contributed by atoms with van der Waals surface area (Å²) in [6.45, 7) is 1.66. The number of aromatic nitrogens is 2. The van der Waals surface area contributed by atoms with Crippen LogP contribution in [-0.4, -0.2) is 20.4 Å². The zero-order valence-corrected chi connectivity index (χ0v) is 14.4. The third-order valence-corrected chi connectivity index (χ3v) is 4.16. The second-order valence-corrected chi connectivity index (χ2v) is 5.98. The first-order valence-corrected chi connectivity index (χ1v) is 8.13. The molecular formula is C18H16N4O5. The Morgan fingerprint density at radius 2 is 1.96 bits per heavy atom. The fourth-order valence-corrected chi connectivity index (χ4v) is 2.79. The Morgan fingerprint density at radius 1 is 1.22 bits per heavy atom. The second kappa shape index (κ2) is 7.24. The molecule has 2 N–H and O–H groups in total. The van der Waals surface area contributed by atoms with Crippen LogP contribution >= 0.6 is 0 Å². The number of nitro groups is 1. The number of anilines is 1. The molecule has 27 heavy (non-hydrogen) atoms. The van der Waals surface area contributed by atoms with Gasteiger partial charge in [0.25, 0.3) is 11.2 Å². The largest absolute Gasteiger partial charge is 0.328 e. The highest BCUT2D eigenvalue weighted by Gasteiger charge is 2.13. The van der Waals surface area contributed by atoms with Crippen molar-refractivity contribution in [1.29, 1.82) is 0 Å². The van der Waals surface area contributed by atoms with Crippen molar-refractivity contribution in [3.63, 3.8) is 0 Å². The van der Waals surface area contributed by atoms with Crippen LogP contribution in [0.15, 0.2) is 52.1 Å². The standard InChI is InChI=1S/C18H16N4O5/c1-11-6-7-12(10-15(11)22(26)27)19-16(23)8-9-21-14-5-3-2-4-13(14)17(24)20-18(21)25/h2-7,10H,8-9H2,1H3,(H,19,23)(H,20,24,25). The van der Waals surface area contributed by atoms with Gasteiger partial charge in [-0.25, -0.2) is 4.79 Å². The Bertz CT molecular complexity index is 1160. The third kappa shape index (κ3) is 3.76. The van der Waals surface area contributed by atoms with Gasteiger partial charge < -0.3 is 5.32 Å². The zero-order valence-electron chi connectivity index (χ0n) is 14.4. The lowest BCUT2D eigenvalue weighted by atomic mass is 10.2. The van der Waals surface area contributed by atoms with E-state index in [1.54, 1.807) is 43.3 Å². The number of benzene rings is 2. The first kappa shape index (κ1) is 18.1. The molecule has 1 heterocycles. The molecule has 1 aromatic heterocycles. The predicted molar refractivity (Wildman–Crippen MR) is 99.9 cm³/mol. The monoisotopic (exact) mass is 368 g/mol. The van der Waals surface area contributed by atoms with Crippen LogP contribution in [0.2, 0.25) is 0 Å². The molecule has 0 aliphatic heterocycles. The number of aryl methyl sites for hydroxylation is 2. The Kier molecular flexibility index (Phi) is 4.84. The number of hydrogen-bond acceptors (Lipinski definition) is 5. The molecule has 3 aromatic rings. The molecule has 0 aliphatic carbocycles. The fraction of sp³-hybridized carbons (Fsp3) is 0.167. The van der Waals surface area contributed by atoms with Gasteiger partial charge in [0.05, 0.1) is 15.8 Å². The Balaban J connectivity index is 1.78. The van der Waals surface area contributed by atoms with Crippen molar-refractivity contribution in [1.82, 2.24) is 9.55 Å². The molecule has 0 radical (unpaired) electrons. The molecule has 138 valence electrons. The van der Waals surface area contributed by atoms with Crippen molar-refractivity contribution in [2.45, 2.75) is 19.9 Å². The maximum Gasteiger partial charge on any atom is 0.328 e. The lowest BCUT2D eigenvalue weighted by molar-refractivity contribution is -0.385. The Labute approximate surface area is 152 Å². The number of amides is 1. The molecular weight excluding hydrogens is 352 g/mol. The van der Waals surface area contributed by atoms with Crippen LogP contribution in [0.25, 0.3) is 10.9 Å². The van der Waals surface area contributed by atoms with E-state index in [1.165, 1.54) is 10.6 Å². The van der Waals surface area contributed by atoms with E-state index in [-0.39, 0.29) is 18.7 Å². The van der Waals surface area contributed by atoms with Crippen molar-refractivity contribution in [2.75, 3.05) is 5.32 Å². The van der Waals surface area contributed by atoms with Crippen LogP contribution in [0.3, 0.4) is 0 Å². The van der Waals surface area contributed by atoms with Crippen molar-refractivity contribution in [3.05, 3.63) is 79.0 Å². The van der Waals surface area contributed by atoms with E-state index in [9.17, 15) is 24.5 Å². The lowest BCUT2D eigenvalue weighted by Gasteiger charge is -2.10. The van der Waals surface area contributed by atoms with Gasteiger partial charge in [0.1, 0.15) is 0 Å². The van der Waals surface area contributed by atoms with Crippen LogP contribution in [-0.2, 0) is 11.3 Å². The number of nitrogens with zero attached hydrogens (tertiary/aromatic N) is 2. The Hall–Kier alpha value is -3.75. The highest BCUT2D eigenvalue weighted by molar-refractivity contribution is 5.91. The number of nitro benzene ring substituents is 1. The van der Waals surface area contributed by atoms with E-state index in [0.717, 1.165) is 0 Å². The number of rotatable bonds is 5. The third-order valence-electron chi connectivity index (χ3n) is 4.16. The number of nitrogens with one attached hydrogen (secondary N) is 2. The molecule has 9 heteroatoms. The van der Waals surface area contributed by atoms with Crippen LogP contribution in [0.1, 0.15) is 12.0 Å². The smallest absolute Gasteiger partial charge is 0.326 e. The van der Waals surface area contributed by atoms with Gasteiger partial charge in [0.2, 0.25) is 5.91 Å². The van der Waals surface area contributed by atoms with Gasteiger partial charge in [-0.2, -0.15) is 0 Å². The van der Waals surface area contributed by atoms with E-state index >= 15 is 0 Å². The number of fused-ring (bicyclic) bond motifs is 1. The average molecular weight is 368 g/mol. The molecule has 9 nitrogen and oxygen atoms in total. The van der Waals surface area contributed by atoms with Crippen LogP contribution in [0.5, 0.6) is 0 Å². The SMILES string of the molecule is Cc1ccc(NC(=O)CCn2c(=O)[nH]c(=O)c3ccccc32)cc1[N+](=O)[O-]. The zero-order chi connectivity index (χ0) is 19.6. The molecule has 0 bridgehead atoms. The molecule has 0 saturated heterocycles. The van der Waals surface area contributed by atoms with Gasteiger partial charge in [0.15, 0.2) is 0 Å². The summed E-state index contributed by atoms with van der Waals surface area (Å²) in [6, 6.07) is 11.0. The molecule has 2 aromatic carbocycles. The van der Waals surface area contributed by atoms with E-state index < -0.39 is 22.1 Å². The molecule has 0 unspecified atom stereocenters. The molecule has 0 saturated carbocycles. The minimum Gasteiger partial charge on any atom is -0.326 e. The fourth-order valence-electron chi connectivity index (χ4n) is 2.79. The van der Waals surface area contributed by atoms with Crippen molar-refractivity contribution in [2.24, 2.45) is 0 Å². The summed E-state index contributed by atoms with van der Waals surface area (Å²) >= 11 is 0. The molecule has 0 atom stereocenters. The van der Waals surface area contributed by atoms with Crippen molar-refractivity contribution >= 4 is 28.2 Å². The van der Waals surface area contributed by atoms with Gasteiger partial charge in [-0.05, 0) is 25.1 Å². The number of carbonyl (C=O) groups is 1. The maximum absolute atomic E-state index is 12.2. The van der Waals surface area contributed by atoms with Gasteiger partial charge in [-0.3, -0.25) is 29.3 Å². The minimum atomic E-state index is -0.600. The van der Waals surface area contributed by atoms with E-state index in [1.807, 2.05) is 0 Å². The summed E-state index contributed by atoms with van der Waals surface area (Å²) in [5.41, 5.74) is 0.0571. The molecule has 3 rings (SSSR count). The topological polar surface area (TPSA) is 127 Å². The first-order valence-electron chi connectivity index (χ1n) is 8.13. The summed E-state index contributed by atoms with van der Waals surface area (Å²) in [7, 11) is 0. The van der Waals surface area contributed by atoms with Crippen LogP contribution < -0.4 is 16.6 Å². The molecule has 0 spiro atoms. The second-order valence-electron chi connectivity index (χ2n) is 5.98. The minimum absolute atomic E-state index is 0.0440. The molecule has 1 amide bonds. The number of para-hydroxylation sites is 1. The number of aromatic amines is 1. The van der Waals surface area contributed by atoms with Gasteiger partial charge in [-0.1, -0.05) is 18.2 Å². The summed E-state index contributed by atoms with van der Waals surface area (Å²) in [5, 5.41) is 13.9. The van der Waals surface area contributed by atoms with E-state index in [0.29, 0.717) is 22.2 Å². The van der Waals surface area contributed by atoms with Gasteiger partial charge in [-0.15, -0.1) is 0 Å². The average Bonchev–Trinajstić information content (AvgIpc) is 2.63. The highest BCUT2D eigenvalue weighted by atomic mass is 16.6. The quantitative estimate of drug-likeness (QED) is 0.525. The lowest BCUT2D eigenvalue weighted by Crippen LogP contribution is -2.31. The molecule has 0 fully saturated rings. The van der Waals surface area contributed by atoms with Gasteiger partial charge in [0, 0.05) is 30.3 Å².